The molecule has 0 bridgehead atoms. The average Bonchev–Trinajstić information content (AvgIpc) is 2.36. The summed E-state index contributed by atoms with van der Waals surface area (Å²) in [6.45, 7) is 3.93. The quantitative estimate of drug-likeness (QED) is 0.831. The van der Waals surface area contributed by atoms with E-state index >= 15 is 0 Å². The highest BCUT2D eigenvalue weighted by molar-refractivity contribution is 9.10. The number of aryl methyl sites for hydroxylation is 1. The molecule has 2 aromatic rings. The normalized spacial score (nSPS) is 12.3. The molecule has 2 N–H and O–H groups in total. The minimum atomic E-state index is -0.0403. The fraction of sp³-hybridized carbons (Fsp3) is 0.200. The Labute approximate surface area is 126 Å². The van der Waals surface area contributed by atoms with E-state index in [1.165, 1.54) is 0 Å². The number of hydrogen-bond donors (Lipinski definition) is 1. The van der Waals surface area contributed by atoms with Gasteiger partial charge in [-0.15, -0.1) is 0 Å². The Balaban J connectivity index is 2.25. The molecule has 2 nitrogen and oxygen atoms in total. The van der Waals surface area contributed by atoms with Crippen molar-refractivity contribution >= 4 is 27.5 Å². The van der Waals surface area contributed by atoms with Crippen LogP contribution in [0.1, 0.15) is 24.1 Å². The molecule has 0 radical (unpaired) electrons. The van der Waals surface area contributed by atoms with Crippen LogP contribution in [-0.2, 0) is 0 Å². The molecular weight excluding hydrogens is 326 g/mol. The van der Waals surface area contributed by atoms with Crippen molar-refractivity contribution in [2.75, 3.05) is 0 Å². The summed E-state index contributed by atoms with van der Waals surface area (Å²) in [6, 6.07) is 11.4. The highest BCUT2D eigenvalue weighted by Gasteiger charge is 2.07. The molecule has 0 heterocycles. The third kappa shape index (κ3) is 3.50. The van der Waals surface area contributed by atoms with E-state index in [1.807, 2.05) is 50.2 Å². The standard InChI is InChI=1S/C15H15BrClNO/c1-9-7-12(4-5-13(9)16)19-15-6-3-11(10(2)18)8-14(15)17/h3-8,10H,18H2,1-2H3/t10-/m0/s1. The van der Waals surface area contributed by atoms with Gasteiger partial charge in [0, 0.05) is 10.5 Å². The molecule has 0 amide bonds. The summed E-state index contributed by atoms with van der Waals surface area (Å²) in [4.78, 5) is 0. The summed E-state index contributed by atoms with van der Waals surface area (Å²) in [5.41, 5.74) is 7.92. The van der Waals surface area contributed by atoms with Gasteiger partial charge in [-0.2, -0.15) is 0 Å². The van der Waals surface area contributed by atoms with Gasteiger partial charge in [0.2, 0.25) is 0 Å². The highest BCUT2D eigenvalue weighted by Crippen LogP contribution is 2.32. The van der Waals surface area contributed by atoms with Gasteiger partial charge in [0.05, 0.1) is 5.02 Å². The molecule has 0 aromatic heterocycles. The second-order valence-electron chi connectivity index (χ2n) is 4.49. The summed E-state index contributed by atoms with van der Waals surface area (Å²) in [6.07, 6.45) is 0. The van der Waals surface area contributed by atoms with Crippen molar-refractivity contribution in [3.05, 3.63) is 57.0 Å². The summed E-state index contributed by atoms with van der Waals surface area (Å²) in [7, 11) is 0. The number of halogens is 2. The van der Waals surface area contributed by atoms with Crippen LogP contribution in [0.3, 0.4) is 0 Å². The smallest absolute Gasteiger partial charge is 0.146 e. The van der Waals surface area contributed by atoms with Crippen molar-refractivity contribution in [3.63, 3.8) is 0 Å². The second kappa shape index (κ2) is 5.95. The van der Waals surface area contributed by atoms with Crippen LogP contribution < -0.4 is 10.5 Å². The minimum absolute atomic E-state index is 0.0403. The summed E-state index contributed by atoms with van der Waals surface area (Å²) in [5, 5.41) is 0.565. The van der Waals surface area contributed by atoms with E-state index in [1.54, 1.807) is 0 Å². The van der Waals surface area contributed by atoms with Gasteiger partial charge in [-0.05, 0) is 55.3 Å². The summed E-state index contributed by atoms with van der Waals surface area (Å²) < 4.78 is 6.84. The molecule has 0 aliphatic carbocycles. The van der Waals surface area contributed by atoms with Gasteiger partial charge in [-0.3, -0.25) is 0 Å². The third-order valence-electron chi connectivity index (χ3n) is 2.84. The van der Waals surface area contributed by atoms with Gasteiger partial charge >= 0.3 is 0 Å². The van der Waals surface area contributed by atoms with Gasteiger partial charge in [0.25, 0.3) is 0 Å². The van der Waals surface area contributed by atoms with Crippen molar-refractivity contribution < 1.29 is 4.74 Å². The van der Waals surface area contributed by atoms with Crippen LogP contribution in [0.4, 0.5) is 0 Å². The molecule has 19 heavy (non-hydrogen) atoms. The maximum Gasteiger partial charge on any atom is 0.146 e. The van der Waals surface area contributed by atoms with Gasteiger partial charge in [-0.25, -0.2) is 0 Å². The molecule has 2 aromatic carbocycles. The monoisotopic (exact) mass is 339 g/mol. The average molecular weight is 341 g/mol. The fourth-order valence-electron chi connectivity index (χ4n) is 1.69. The van der Waals surface area contributed by atoms with Gasteiger partial charge < -0.3 is 10.5 Å². The zero-order chi connectivity index (χ0) is 14.0. The molecule has 0 saturated carbocycles. The molecular formula is C15H15BrClNO. The van der Waals surface area contributed by atoms with Crippen molar-refractivity contribution in [1.29, 1.82) is 0 Å². The van der Waals surface area contributed by atoms with Gasteiger partial charge in [-0.1, -0.05) is 33.6 Å². The zero-order valence-corrected chi connectivity index (χ0v) is 13.1. The van der Waals surface area contributed by atoms with Crippen molar-refractivity contribution in [3.8, 4) is 11.5 Å². The Bertz CT molecular complexity index is 599. The van der Waals surface area contributed by atoms with E-state index in [2.05, 4.69) is 15.9 Å². The molecule has 0 saturated heterocycles. The van der Waals surface area contributed by atoms with Gasteiger partial charge in [0.1, 0.15) is 11.5 Å². The molecule has 0 aliphatic heterocycles. The summed E-state index contributed by atoms with van der Waals surface area (Å²) >= 11 is 9.66. The molecule has 4 heteroatoms. The van der Waals surface area contributed by atoms with E-state index in [0.717, 1.165) is 21.3 Å². The molecule has 1 atom stereocenters. The number of benzene rings is 2. The zero-order valence-electron chi connectivity index (χ0n) is 10.8. The van der Waals surface area contributed by atoms with E-state index in [9.17, 15) is 0 Å². The predicted molar refractivity (Wildman–Crippen MR) is 83.0 cm³/mol. The minimum Gasteiger partial charge on any atom is -0.456 e. The van der Waals surface area contributed by atoms with Crippen LogP contribution in [0.15, 0.2) is 40.9 Å². The Hall–Kier alpha value is -1.03. The highest BCUT2D eigenvalue weighted by atomic mass is 79.9. The number of nitrogens with two attached hydrogens (primary N) is 1. The molecule has 0 aliphatic rings. The lowest BCUT2D eigenvalue weighted by Crippen LogP contribution is -2.04. The van der Waals surface area contributed by atoms with E-state index in [0.29, 0.717) is 10.8 Å². The topological polar surface area (TPSA) is 35.2 Å². The lowest BCUT2D eigenvalue weighted by molar-refractivity contribution is 0.482. The maximum atomic E-state index is 6.20. The first-order valence-corrected chi connectivity index (χ1v) is 7.13. The number of ether oxygens (including phenoxy) is 1. The van der Waals surface area contributed by atoms with E-state index in [-0.39, 0.29) is 6.04 Å². The Kier molecular flexibility index (Phi) is 4.50. The van der Waals surface area contributed by atoms with Crippen molar-refractivity contribution in [1.82, 2.24) is 0 Å². The van der Waals surface area contributed by atoms with E-state index < -0.39 is 0 Å². The Morgan fingerprint density at radius 1 is 1.21 bits per heavy atom. The molecule has 2 rings (SSSR count). The lowest BCUT2D eigenvalue weighted by atomic mass is 10.1. The Morgan fingerprint density at radius 2 is 1.95 bits per heavy atom. The van der Waals surface area contributed by atoms with Crippen LogP contribution in [-0.4, -0.2) is 0 Å². The first kappa shape index (κ1) is 14.4. The van der Waals surface area contributed by atoms with Gasteiger partial charge in [0.15, 0.2) is 0 Å². The first-order valence-electron chi connectivity index (χ1n) is 5.96. The summed E-state index contributed by atoms with van der Waals surface area (Å²) in [5.74, 6) is 1.39. The fourth-order valence-corrected chi connectivity index (χ4v) is 2.16. The second-order valence-corrected chi connectivity index (χ2v) is 5.75. The lowest BCUT2D eigenvalue weighted by Gasteiger charge is -2.11. The van der Waals surface area contributed by atoms with Crippen molar-refractivity contribution in [2.45, 2.75) is 19.9 Å². The molecule has 0 unspecified atom stereocenters. The predicted octanol–water partition coefficient (Wildman–Crippen LogP) is 5.22. The van der Waals surface area contributed by atoms with Crippen LogP contribution in [0.2, 0.25) is 5.02 Å². The SMILES string of the molecule is Cc1cc(Oc2ccc([C@H](C)N)cc2Cl)ccc1Br. The van der Waals surface area contributed by atoms with Crippen LogP contribution in [0.5, 0.6) is 11.5 Å². The first-order chi connectivity index (χ1) is 8.97. The van der Waals surface area contributed by atoms with Crippen LogP contribution in [0.25, 0.3) is 0 Å². The third-order valence-corrected chi connectivity index (χ3v) is 4.02. The van der Waals surface area contributed by atoms with Crippen molar-refractivity contribution in [2.24, 2.45) is 5.73 Å². The Morgan fingerprint density at radius 3 is 2.53 bits per heavy atom. The number of hydrogen-bond acceptors (Lipinski definition) is 2. The maximum absolute atomic E-state index is 6.20. The van der Waals surface area contributed by atoms with Crippen LogP contribution >= 0.6 is 27.5 Å². The largest absolute Gasteiger partial charge is 0.456 e. The molecule has 0 spiro atoms. The molecule has 100 valence electrons. The van der Waals surface area contributed by atoms with E-state index in [4.69, 9.17) is 22.1 Å². The van der Waals surface area contributed by atoms with Crippen LogP contribution in [0, 0.1) is 6.92 Å². The number of rotatable bonds is 3. The molecule has 0 fully saturated rings.